The minimum atomic E-state index is -0.425. The zero-order valence-electron chi connectivity index (χ0n) is 15.1. The molecule has 4 rings (SSSR count). The van der Waals surface area contributed by atoms with Gasteiger partial charge in [0, 0.05) is 17.2 Å². The second-order valence-electron chi connectivity index (χ2n) is 6.07. The lowest BCUT2D eigenvalue weighted by Gasteiger charge is -2.07. The molecule has 0 saturated heterocycles. The number of hydrogen-bond acceptors (Lipinski definition) is 5. The van der Waals surface area contributed by atoms with Crippen LogP contribution >= 0.6 is 22.9 Å². The summed E-state index contributed by atoms with van der Waals surface area (Å²) in [6.07, 6.45) is 0. The van der Waals surface area contributed by atoms with Gasteiger partial charge in [-0.2, -0.15) is 0 Å². The Hall–Kier alpha value is -3.36. The summed E-state index contributed by atoms with van der Waals surface area (Å²) in [6, 6.07) is 15.8. The summed E-state index contributed by atoms with van der Waals surface area (Å²) in [6.45, 7) is 0. The highest BCUT2D eigenvalue weighted by Crippen LogP contribution is 2.35. The molecule has 0 atom stereocenters. The zero-order chi connectivity index (χ0) is 21.1. The molecule has 150 valence electrons. The summed E-state index contributed by atoms with van der Waals surface area (Å²) < 4.78 is 31.6. The summed E-state index contributed by atoms with van der Waals surface area (Å²) in [5.74, 6) is -0.251. The van der Waals surface area contributed by atoms with Crippen molar-refractivity contribution in [1.29, 1.82) is 0 Å². The molecular formula is C21H12ClF2N3O2S. The van der Waals surface area contributed by atoms with Crippen LogP contribution in [0.4, 0.5) is 13.9 Å². The zero-order valence-corrected chi connectivity index (χ0v) is 16.7. The molecule has 0 fully saturated rings. The van der Waals surface area contributed by atoms with Gasteiger partial charge in [-0.05, 0) is 60.7 Å². The highest BCUT2D eigenvalue weighted by molar-refractivity contribution is 7.18. The smallest absolute Gasteiger partial charge is 0.257 e. The number of benzene rings is 3. The summed E-state index contributed by atoms with van der Waals surface area (Å²) in [4.78, 5) is 12.2. The first-order valence-electron chi connectivity index (χ1n) is 8.62. The van der Waals surface area contributed by atoms with E-state index < -0.39 is 11.7 Å². The lowest BCUT2D eigenvalue weighted by atomic mass is 10.2. The quantitative estimate of drug-likeness (QED) is 0.400. The van der Waals surface area contributed by atoms with Gasteiger partial charge in [0.2, 0.25) is 5.13 Å². The third-order valence-electron chi connectivity index (χ3n) is 3.97. The first-order valence-corrected chi connectivity index (χ1v) is 9.81. The van der Waals surface area contributed by atoms with E-state index >= 15 is 0 Å². The number of aromatic nitrogens is 2. The molecule has 0 aliphatic carbocycles. The van der Waals surface area contributed by atoms with E-state index in [2.05, 4.69) is 15.5 Å². The standard InChI is InChI=1S/C21H12ClF2N3O2S/c22-18-11-16(29-15-7-5-14(24)6-8-15)9-10-17(18)20-26-27-21(30-20)25-19(28)12-1-3-13(23)4-2-12/h1-11H,(H,25,27,28). The number of carbonyl (C=O) groups is 1. The summed E-state index contributed by atoms with van der Waals surface area (Å²) in [5, 5.41) is 11.8. The average molecular weight is 444 g/mol. The van der Waals surface area contributed by atoms with E-state index in [0.717, 1.165) is 11.3 Å². The van der Waals surface area contributed by atoms with Crippen LogP contribution in [0.25, 0.3) is 10.6 Å². The third-order valence-corrected chi connectivity index (χ3v) is 5.16. The van der Waals surface area contributed by atoms with Crippen molar-refractivity contribution < 1.29 is 18.3 Å². The maximum atomic E-state index is 13.0. The Labute approximate surface area is 178 Å². The fourth-order valence-electron chi connectivity index (χ4n) is 2.52. The highest BCUT2D eigenvalue weighted by Gasteiger charge is 2.14. The third kappa shape index (κ3) is 4.61. The van der Waals surface area contributed by atoms with Crippen LogP contribution in [0.2, 0.25) is 5.02 Å². The second kappa shape index (κ2) is 8.56. The predicted octanol–water partition coefficient (Wildman–Crippen LogP) is 6.18. The topological polar surface area (TPSA) is 64.1 Å². The van der Waals surface area contributed by atoms with Gasteiger partial charge in [-0.1, -0.05) is 22.9 Å². The van der Waals surface area contributed by atoms with E-state index in [1.165, 1.54) is 48.5 Å². The Kier molecular flexibility index (Phi) is 5.69. The predicted molar refractivity (Wildman–Crippen MR) is 111 cm³/mol. The molecule has 1 N–H and O–H groups in total. The minimum Gasteiger partial charge on any atom is -0.457 e. The van der Waals surface area contributed by atoms with Crippen molar-refractivity contribution in [3.05, 3.63) is 89.0 Å². The van der Waals surface area contributed by atoms with Gasteiger partial charge in [0.1, 0.15) is 23.1 Å². The van der Waals surface area contributed by atoms with Crippen LogP contribution in [0, 0.1) is 11.6 Å². The van der Waals surface area contributed by atoms with Crippen LogP contribution in [0.3, 0.4) is 0 Å². The molecule has 0 saturated carbocycles. The van der Waals surface area contributed by atoms with Gasteiger partial charge < -0.3 is 4.74 Å². The van der Waals surface area contributed by atoms with Gasteiger partial charge in [0.15, 0.2) is 5.01 Å². The van der Waals surface area contributed by atoms with Crippen molar-refractivity contribution in [2.24, 2.45) is 0 Å². The first-order chi connectivity index (χ1) is 14.5. The van der Waals surface area contributed by atoms with Crippen molar-refractivity contribution in [1.82, 2.24) is 10.2 Å². The summed E-state index contributed by atoms with van der Waals surface area (Å²) in [7, 11) is 0. The number of anilines is 1. The maximum Gasteiger partial charge on any atom is 0.257 e. The van der Waals surface area contributed by atoms with Crippen molar-refractivity contribution in [2.75, 3.05) is 5.32 Å². The first kappa shape index (κ1) is 19.9. The van der Waals surface area contributed by atoms with Crippen LogP contribution in [0.5, 0.6) is 11.5 Å². The van der Waals surface area contributed by atoms with Gasteiger partial charge in [-0.25, -0.2) is 8.78 Å². The molecule has 4 aromatic rings. The second-order valence-corrected chi connectivity index (χ2v) is 7.46. The van der Waals surface area contributed by atoms with Gasteiger partial charge in [0.05, 0.1) is 5.02 Å². The average Bonchev–Trinajstić information content (AvgIpc) is 3.18. The van der Waals surface area contributed by atoms with E-state index in [1.807, 2.05) is 0 Å². The number of nitrogens with one attached hydrogen (secondary N) is 1. The lowest BCUT2D eigenvalue weighted by Crippen LogP contribution is -2.11. The van der Waals surface area contributed by atoms with Gasteiger partial charge in [-0.15, -0.1) is 10.2 Å². The fourth-order valence-corrected chi connectivity index (χ4v) is 3.62. The Morgan fingerprint density at radius 2 is 1.53 bits per heavy atom. The lowest BCUT2D eigenvalue weighted by molar-refractivity contribution is 0.102. The van der Waals surface area contributed by atoms with E-state index in [9.17, 15) is 13.6 Å². The fraction of sp³-hybridized carbons (Fsp3) is 0. The van der Waals surface area contributed by atoms with Crippen molar-refractivity contribution >= 4 is 34.0 Å². The molecule has 30 heavy (non-hydrogen) atoms. The Morgan fingerprint density at radius 3 is 2.20 bits per heavy atom. The van der Waals surface area contributed by atoms with Crippen molar-refractivity contribution in [3.63, 3.8) is 0 Å². The number of hydrogen-bond donors (Lipinski definition) is 1. The minimum absolute atomic E-state index is 0.280. The molecule has 0 aliphatic rings. The normalized spacial score (nSPS) is 10.6. The van der Waals surface area contributed by atoms with Crippen molar-refractivity contribution in [2.45, 2.75) is 0 Å². The number of ether oxygens (including phenoxy) is 1. The number of nitrogens with zero attached hydrogens (tertiary/aromatic N) is 2. The largest absolute Gasteiger partial charge is 0.457 e. The molecule has 5 nitrogen and oxygen atoms in total. The molecule has 9 heteroatoms. The van der Waals surface area contributed by atoms with Gasteiger partial charge >= 0.3 is 0 Å². The molecular weight excluding hydrogens is 432 g/mol. The molecule has 0 spiro atoms. The number of carbonyl (C=O) groups excluding carboxylic acids is 1. The Morgan fingerprint density at radius 1 is 0.900 bits per heavy atom. The van der Waals surface area contributed by atoms with Crippen LogP contribution in [0.15, 0.2) is 66.7 Å². The van der Waals surface area contributed by atoms with Gasteiger partial charge in [0.25, 0.3) is 5.91 Å². The molecule has 0 aliphatic heterocycles. The van der Waals surface area contributed by atoms with Crippen molar-refractivity contribution in [3.8, 4) is 22.1 Å². The molecule has 1 heterocycles. The van der Waals surface area contributed by atoms with E-state index in [4.69, 9.17) is 16.3 Å². The Balaban J connectivity index is 1.48. The number of amides is 1. The molecule has 0 unspecified atom stereocenters. The molecule has 1 amide bonds. The molecule has 0 bridgehead atoms. The van der Waals surface area contributed by atoms with Crippen LogP contribution in [-0.2, 0) is 0 Å². The van der Waals surface area contributed by atoms with E-state index in [0.29, 0.717) is 32.7 Å². The van der Waals surface area contributed by atoms with E-state index in [-0.39, 0.29) is 10.9 Å². The Bertz CT molecular complexity index is 1200. The summed E-state index contributed by atoms with van der Waals surface area (Å²) in [5.41, 5.74) is 0.913. The highest BCUT2D eigenvalue weighted by atomic mass is 35.5. The molecule has 3 aromatic carbocycles. The molecule has 1 aromatic heterocycles. The van der Waals surface area contributed by atoms with E-state index in [1.54, 1.807) is 18.2 Å². The monoisotopic (exact) mass is 443 g/mol. The summed E-state index contributed by atoms with van der Waals surface area (Å²) >= 11 is 7.50. The number of halogens is 3. The number of rotatable bonds is 5. The SMILES string of the molecule is O=C(Nc1nnc(-c2ccc(Oc3ccc(F)cc3)cc2Cl)s1)c1ccc(F)cc1. The van der Waals surface area contributed by atoms with Crippen LogP contribution < -0.4 is 10.1 Å². The van der Waals surface area contributed by atoms with Crippen LogP contribution in [-0.4, -0.2) is 16.1 Å². The molecule has 0 radical (unpaired) electrons. The van der Waals surface area contributed by atoms with Crippen LogP contribution in [0.1, 0.15) is 10.4 Å². The van der Waals surface area contributed by atoms with Gasteiger partial charge in [-0.3, -0.25) is 10.1 Å². The maximum absolute atomic E-state index is 13.0.